The molecule has 0 amide bonds. The predicted octanol–water partition coefficient (Wildman–Crippen LogP) is 5.66. The number of nitrogens with zero attached hydrogens (tertiary/aromatic N) is 5. The van der Waals surface area contributed by atoms with Crippen LogP contribution in [0.2, 0.25) is 0 Å². The van der Waals surface area contributed by atoms with E-state index in [0.29, 0.717) is 28.2 Å². The second-order valence-electron chi connectivity index (χ2n) is 10.7. The van der Waals surface area contributed by atoms with E-state index in [1.54, 1.807) is 32.3 Å². The molecule has 2 aromatic heterocycles. The number of benzene rings is 2. The molecule has 45 heavy (non-hydrogen) atoms. The van der Waals surface area contributed by atoms with Crippen LogP contribution < -0.4 is 20.3 Å². The summed E-state index contributed by atoms with van der Waals surface area (Å²) in [6.07, 6.45) is -2.61. The Bertz CT molecular complexity index is 1740. The Hall–Kier alpha value is -4.04. The van der Waals surface area contributed by atoms with Crippen LogP contribution in [0.3, 0.4) is 0 Å². The minimum atomic E-state index is -4.78. The van der Waals surface area contributed by atoms with Crippen LogP contribution in [0, 0.1) is 0 Å². The Morgan fingerprint density at radius 3 is 2.44 bits per heavy atom. The van der Waals surface area contributed by atoms with Crippen LogP contribution in [0.4, 0.5) is 42.0 Å². The van der Waals surface area contributed by atoms with E-state index in [0.717, 1.165) is 31.9 Å². The highest BCUT2D eigenvalue weighted by molar-refractivity contribution is 7.51. The van der Waals surface area contributed by atoms with Gasteiger partial charge in [0.15, 0.2) is 0 Å². The van der Waals surface area contributed by atoms with Gasteiger partial charge in [0.1, 0.15) is 17.1 Å². The van der Waals surface area contributed by atoms with E-state index in [4.69, 9.17) is 9.26 Å². The minimum absolute atomic E-state index is 0.0714. The highest BCUT2D eigenvalue weighted by Crippen LogP contribution is 2.47. The second-order valence-corrected chi connectivity index (χ2v) is 12.6. The number of likely N-dealkylation sites (N-methyl/N-ethyl adjacent to an activating group) is 1. The number of piperazine rings is 1. The number of aromatic nitrogens is 3. The number of alkyl halides is 3. The first kappa shape index (κ1) is 32.4. The SMILES string of the molecule is CCOP(=O)(O)Cc1ccc(Nc2ncc(C(F)(F)F)c(Nc3ccc(N4CCN(C)CC4)c4cn(C)c(O)c34)n2)c(OC)c1. The first-order chi connectivity index (χ1) is 21.3. The average Bonchev–Trinajstić information content (AvgIpc) is 3.28. The van der Waals surface area contributed by atoms with Crippen molar-refractivity contribution in [3.8, 4) is 11.6 Å². The van der Waals surface area contributed by atoms with Gasteiger partial charge >= 0.3 is 13.8 Å². The van der Waals surface area contributed by atoms with Gasteiger partial charge in [-0.05, 0) is 43.8 Å². The number of aromatic hydroxyl groups is 1. The van der Waals surface area contributed by atoms with Crippen LogP contribution in [0.15, 0.2) is 42.7 Å². The fourth-order valence-electron chi connectivity index (χ4n) is 5.25. The Morgan fingerprint density at radius 2 is 1.78 bits per heavy atom. The van der Waals surface area contributed by atoms with Gasteiger partial charge in [-0.25, -0.2) is 4.98 Å². The Kier molecular flexibility index (Phi) is 9.17. The van der Waals surface area contributed by atoms with Gasteiger partial charge < -0.3 is 44.3 Å². The summed E-state index contributed by atoms with van der Waals surface area (Å²) >= 11 is 0. The minimum Gasteiger partial charge on any atom is -0.495 e. The lowest BCUT2D eigenvalue weighted by Gasteiger charge is -2.34. The van der Waals surface area contributed by atoms with Crippen LogP contribution in [0.25, 0.3) is 10.8 Å². The quantitative estimate of drug-likeness (QED) is 0.158. The van der Waals surface area contributed by atoms with Crippen molar-refractivity contribution in [3.63, 3.8) is 0 Å². The molecule has 1 saturated heterocycles. The number of rotatable bonds is 10. The van der Waals surface area contributed by atoms with E-state index in [1.165, 1.54) is 23.8 Å². The zero-order chi connectivity index (χ0) is 32.5. The van der Waals surface area contributed by atoms with Gasteiger partial charge in [0.25, 0.3) is 0 Å². The first-order valence-corrected chi connectivity index (χ1v) is 15.9. The lowest BCUT2D eigenvalue weighted by molar-refractivity contribution is -0.137. The van der Waals surface area contributed by atoms with Crippen LogP contribution in [0.1, 0.15) is 18.1 Å². The summed E-state index contributed by atoms with van der Waals surface area (Å²) in [4.78, 5) is 22.4. The van der Waals surface area contributed by atoms with Crippen LogP contribution in [-0.4, -0.2) is 76.4 Å². The number of aryl methyl sites for hydroxylation is 1. The summed E-state index contributed by atoms with van der Waals surface area (Å²) in [6.45, 7) is 4.93. The summed E-state index contributed by atoms with van der Waals surface area (Å²) in [5.74, 6) is -0.546. The van der Waals surface area contributed by atoms with Crippen molar-refractivity contribution in [2.24, 2.45) is 7.05 Å². The Morgan fingerprint density at radius 1 is 1.07 bits per heavy atom. The third-order valence-corrected chi connectivity index (χ3v) is 8.95. The fourth-order valence-corrected chi connectivity index (χ4v) is 6.40. The molecule has 0 aliphatic carbocycles. The van der Waals surface area contributed by atoms with Gasteiger partial charge in [-0.1, -0.05) is 6.07 Å². The number of hydrogen-bond donors (Lipinski definition) is 4. The van der Waals surface area contributed by atoms with Crippen molar-refractivity contribution in [2.45, 2.75) is 19.3 Å². The van der Waals surface area contributed by atoms with Crippen molar-refractivity contribution < 1.29 is 37.0 Å². The highest BCUT2D eigenvalue weighted by atomic mass is 31.2. The molecular formula is C29H35F3N7O5P. The smallest absolute Gasteiger partial charge is 0.421 e. The molecular weight excluding hydrogens is 614 g/mol. The average molecular weight is 650 g/mol. The summed E-state index contributed by atoms with van der Waals surface area (Å²) < 4.78 is 66.4. The standard InChI is InChI=1S/C29H35F3N7O5P/c1-5-44-45(41,42)17-18-6-7-21(24(14-18)43-4)35-28-33-15-20(29(30,31)32)26(36-28)34-22-8-9-23(39-12-10-37(2)11-13-39)19-16-38(3)27(40)25(19)22/h6-9,14-16,40H,5,10-13,17H2,1-4H3,(H,41,42)(H2,33,34,35,36). The Balaban J connectivity index is 1.49. The monoisotopic (exact) mass is 649 g/mol. The summed E-state index contributed by atoms with van der Waals surface area (Å²) in [5.41, 5.74) is 0.780. The van der Waals surface area contributed by atoms with E-state index in [1.807, 2.05) is 13.1 Å². The maximum Gasteiger partial charge on any atom is 0.421 e. The molecule has 0 radical (unpaired) electrons. The van der Waals surface area contributed by atoms with E-state index in [-0.39, 0.29) is 36.0 Å². The normalized spacial score (nSPS) is 15.7. The van der Waals surface area contributed by atoms with Crippen molar-refractivity contribution in [1.82, 2.24) is 19.4 Å². The number of ether oxygens (including phenoxy) is 1. The number of methoxy groups -OCH3 is 1. The molecule has 1 aliphatic rings. The summed E-state index contributed by atoms with van der Waals surface area (Å²) in [5, 5.41) is 17.7. The van der Waals surface area contributed by atoms with Crippen molar-refractivity contribution in [1.29, 1.82) is 0 Å². The number of nitrogens with one attached hydrogen (secondary N) is 2. The van der Waals surface area contributed by atoms with Gasteiger partial charge in [-0.15, -0.1) is 0 Å². The van der Waals surface area contributed by atoms with Gasteiger partial charge in [-0.3, -0.25) is 4.57 Å². The molecule has 4 aromatic rings. The topological polar surface area (TPSA) is 137 Å². The molecule has 4 N–H and O–H groups in total. The molecule has 1 unspecified atom stereocenters. The molecule has 3 heterocycles. The van der Waals surface area contributed by atoms with Gasteiger partial charge in [0, 0.05) is 56.7 Å². The van der Waals surface area contributed by atoms with Gasteiger partial charge in [-0.2, -0.15) is 18.2 Å². The molecule has 16 heteroatoms. The lowest BCUT2D eigenvalue weighted by atomic mass is 10.1. The number of hydrogen-bond acceptors (Lipinski definition) is 10. The fraction of sp³-hybridized carbons (Fsp3) is 0.379. The number of fused-ring (bicyclic) bond motifs is 1. The van der Waals surface area contributed by atoms with Crippen LogP contribution >= 0.6 is 7.60 Å². The van der Waals surface area contributed by atoms with Crippen LogP contribution in [-0.2, 0) is 28.5 Å². The van der Waals surface area contributed by atoms with Crippen LogP contribution in [0.5, 0.6) is 11.6 Å². The van der Waals surface area contributed by atoms with Crippen molar-refractivity contribution in [3.05, 3.63) is 53.9 Å². The molecule has 12 nitrogen and oxygen atoms in total. The Labute approximate surface area is 257 Å². The summed E-state index contributed by atoms with van der Waals surface area (Å²) in [6, 6.07) is 8.08. The van der Waals surface area contributed by atoms with Gasteiger partial charge in [0.05, 0.1) is 36.6 Å². The van der Waals surface area contributed by atoms with E-state index >= 15 is 0 Å². The summed E-state index contributed by atoms with van der Waals surface area (Å²) in [7, 11) is 1.23. The second kappa shape index (κ2) is 12.8. The molecule has 242 valence electrons. The first-order valence-electron chi connectivity index (χ1n) is 14.2. The van der Waals surface area contributed by atoms with Crippen molar-refractivity contribution in [2.75, 3.05) is 62.5 Å². The molecule has 2 aromatic carbocycles. The molecule has 0 bridgehead atoms. The molecule has 5 rings (SSSR count). The van der Waals surface area contributed by atoms with E-state index < -0.39 is 25.2 Å². The largest absolute Gasteiger partial charge is 0.495 e. The molecule has 0 saturated carbocycles. The third-order valence-electron chi connectivity index (χ3n) is 7.52. The molecule has 1 atom stereocenters. The maximum absolute atomic E-state index is 14.1. The molecule has 1 aliphatic heterocycles. The van der Waals surface area contributed by atoms with E-state index in [2.05, 4.69) is 30.4 Å². The van der Waals surface area contributed by atoms with E-state index in [9.17, 15) is 27.7 Å². The molecule has 1 fully saturated rings. The third kappa shape index (κ3) is 7.12. The predicted molar refractivity (Wildman–Crippen MR) is 166 cm³/mol. The zero-order valence-corrected chi connectivity index (χ0v) is 26.1. The van der Waals surface area contributed by atoms with Gasteiger partial charge in [0.2, 0.25) is 11.8 Å². The number of anilines is 5. The molecule has 0 spiro atoms. The highest BCUT2D eigenvalue weighted by Gasteiger charge is 2.36. The number of halogens is 3. The lowest BCUT2D eigenvalue weighted by Crippen LogP contribution is -2.44. The van der Waals surface area contributed by atoms with Crippen molar-refractivity contribution >= 4 is 47.2 Å². The zero-order valence-electron chi connectivity index (χ0n) is 25.2. The maximum atomic E-state index is 14.1.